The zero-order chi connectivity index (χ0) is 26.4. The number of rotatable bonds is 5. The third-order valence-electron chi connectivity index (χ3n) is 7.18. The number of carbonyl (C=O) groups is 3. The van der Waals surface area contributed by atoms with Crippen LogP contribution in [0.25, 0.3) is 11.3 Å². The van der Waals surface area contributed by atoms with Crippen molar-refractivity contribution in [1.29, 1.82) is 0 Å². The molecule has 2 aliphatic rings. The summed E-state index contributed by atoms with van der Waals surface area (Å²) in [4.78, 5) is 40.2. The second-order valence-electron chi connectivity index (χ2n) is 9.83. The Labute approximate surface area is 219 Å². The van der Waals surface area contributed by atoms with E-state index in [9.17, 15) is 14.4 Å². The van der Waals surface area contributed by atoms with Gasteiger partial charge >= 0.3 is 5.97 Å². The number of hydrogen-bond acceptors (Lipinski definition) is 5. The summed E-state index contributed by atoms with van der Waals surface area (Å²) in [5.41, 5.74) is 3.17. The lowest BCUT2D eigenvalue weighted by Gasteiger charge is -2.25. The normalized spacial score (nSPS) is 16.7. The minimum absolute atomic E-state index is 0.0302. The number of halogens is 2. The van der Waals surface area contributed by atoms with Gasteiger partial charge in [-0.3, -0.25) is 9.59 Å². The van der Waals surface area contributed by atoms with Crippen molar-refractivity contribution >= 4 is 29.4 Å². The average Bonchev–Trinajstić information content (AvgIpc) is 3.67. The summed E-state index contributed by atoms with van der Waals surface area (Å²) >= 11 is 6.53. The molecule has 1 aromatic heterocycles. The van der Waals surface area contributed by atoms with Gasteiger partial charge in [-0.05, 0) is 61.4 Å². The standard InChI is InChI=1S/C28H27ClFN3O4/c1-32(2)26(34)16-9-12-20-23(14-16)33(27(35)24-18(15-7-8-15)5-4-6-21(24)29)31-25(20)19-11-10-17(13-22(19)30)28(36)37-3/h4-6,10-11,13,15-16H,7-9,12,14H2,1-3H3. The highest BCUT2D eigenvalue weighted by Gasteiger charge is 2.36. The zero-order valence-corrected chi connectivity index (χ0v) is 21.6. The summed E-state index contributed by atoms with van der Waals surface area (Å²) in [6.07, 6.45) is 3.28. The van der Waals surface area contributed by atoms with Gasteiger partial charge in [-0.1, -0.05) is 23.7 Å². The van der Waals surface area contributed by atoms with E-state index in [0.717, 1.165) is 30.0 Å². The van der Waals surface area contributed by atoms with Gasteiger partial charge in [-0.2, -0.15) is 9.78 Å². The van der Waals surface area contributed by atoms with Gasteiger partial charge in [0.1, 0.15) is 5.82 Å². The molecule has 1 amide bonds. The van der Waals surface area contributed by atoms with Gasteiger partial charge in [0.25, 0.3) is 5.91 Å². The Kier molecular flexibility index (Phi) is 6.62. The SMILES string of the molecule is COC(=O)c1ccc(-c2nn(C(=O)c3c(Cl)cccc3C3CC3)c3c2CCC(C(=O)N(C)C)C3)c(F)c1. The Morgan fingerprint density at radius 2 is 1.89 bits per heavy atom. The molecular formula is C28H27ClFN3O4. The number of aromatic nitrogens is 2. The molecule has 7 nitrogen and oxygen atoms in total. The Bertz CT molecular complexity index is 1430. The predicted molar refractivity (Wildman–Crippen MR) is 136 cm³/mol. The molecule has 0 aliphatic heterocycles. The molecule has 192 valence electrons. The first-order valence-electron chi connectivity index (χ1n) is 12.2. The minimum Gasteiger partial charge on any atom is -0.465 e. The molecule has 9 heteroatoms. The molecule has 0 N–H and O–H groups in total. The first kappa shape index (κ1) is 25.1. The maximum absolute atomic E-state index is 15.3. The van der Waals surface area contributed by atoms with Gasteiger partial charge in [0, 0.05) is 37.6 Å². The lowest BCUT2D eigenvalue weighted by atomic mass is 9.84. The van der Waals surface area contributed by atoms with E-state index in [4.69, 9.17) is 16.3 Å². The van der Waals surface area contributed by atoms with Crippen molar-refractivity contribution in [3.05, 3.63) is 75.2 Å². The highest BCUT2D eigenvalue weighted by molar-refractivity contribution is 6.34. The first-order chi connectivity index (χ1) is 17.7. The molecule has 3 aromatic rings. The highest BCUT2D eigenvalue weighted by atomic mass is 35.5. The van der Waals surface area contributed by atoms with Crippen LogP contribution in [0.15, 0.2) is 36.4 Å². The van der Waals surface area contributed by atoms with Crippen LogP contribution >= 0.6 is 11.6 Å². The van der Waals surface area contributed by atoms with Gasteiger partial charge in [0.2, 0.25) is 5.91 Å². The predicted octanol–water partition coefficient (Wildman–Crippen LogP) is 4.89. The van der Waals surface area contributed by atoms with Crippen LogP contribution in [0.3, 0.4) is 0 Å². The molecule has 1 saturated carbocycles. The van der Waals surface area contributed by atoms with Crippen LogP contribution in [0, 0.1) is 11.7 Å². The molecule has 1 fully saturated rings. The second kappa shape index (κ2) is 9.74. The Hall–Kier alpha value is -3.52. The fraction of sp³-hybridized carbons (Fsp3) is 0.357. The molecular weight excluding hydrogens is 497 g/mol. The number of fused-ring (bicyclic) bond motifs is 1. The average molecular weight is 524 g/mol. The lowest BCUT2D eigenvalue weighted by molar-refractivity contribution is -0.133. The lowest BCUT2D eigenvalue weighted by Crippen LogP contribution is -2.34. The van der Waals surface area contributed by atoms with Crippen molar-refractivity contribution in [3.63, 3.8) is 0 Å². The van der Waals surface area contributed by atoms with Crippen molar-refractivity contribution in [2.75, 3.05) is 21.2 Å². The molecule has 1 heterocycles. The van der Waals surface area contributed by atoms with E-state index >= 15 is 4.39 Å². The number of esters is 1. The van der Waals surface area contributed by atoms with Crippen LogP contribution in [0.2, 0.25) is 5.02 Å². The molecule has 2 aromatic carbocycles. The molecule has 1 unspecified atom stereocenters. The number of hydrogen-bond donors (Lipinski definition) is 0. The van der Waals surface area contributed by atoms with E-state index < -0.39 is 11.8 Å². The fourth-order valence-electron chi connectivity index (χ4n) is 5.13. The van der Waals surface area contributed by atoms with E-state index in [-0.39, 0.29) is 34.8 Å². The van der Waals surface area contributed by atoms with Crippen LogP contribution in [-0.4, -0.2) is 53.7 Å². The van der Waals surface area contributed by atoms with Crippen molar-refractivity contribution in [1.82, 2.24) is 14.7 Å². The fourth-order valence-corrected chi connectivity index (χ4v) is 5.39. The summed E-state index contributed by atoms with van der Waals surface area (Å²) < 4.78 is 21.3. The van der Waals surface area contributed by atoms with E-state index in [1.807, 2.05) is 12.1 Å². The van der Waals surface area contributed by atoms with Gasteiger partial charge in [-0.25, -0.2) is 9.18 Å². The van der Waals surface area contributed by atoms with Crippen molar-refractivity contribution < 1.29 is 23.5 Å². The molecule has 1 atom stereocenters. The highest BCUT2D eigenvalue weighted by Crippen LogP contribution is 2.44. The summed E-state index contributed by atoms with van der Waals surface area (Å²) in [6.45, 7) is 0. The molecule has 2 aliphatic carbocycles. The minimum atomic E-state index is -0.649. The van der Waals surface area contributed by atoms with Crippen molar-refractivity contribution in [2.24, 2.45) is 5.92 Å². The van der Waals surface area contributed by atoms with Gasteiger partial charge in [-0.15, -0.1) is 0 Å². The Morgan fingerprint density at radius 3 is 2.54 bits per heavy atom. The summed E-state index contributed by atoms with van der Waals surface area (Å²) in [5, 5.41) is 4.96. The smallest absolute Gasteiger partial charge is 0.337 e. The van der Waals surface area contributed by atoms with Gasteiger partial charge in [0.15, 0.2) is 0 Å². The first-order valence-corrected chi connectivity index (χ1v) is 12.6. The third-order valence-corrected chi connectivity index (χ3v) is 7.49. The molecule has 0 saturated heterocycles. The second-order valence-corrected chi connectivity index (χ2v) is 10.2. The van der Waals surface area contributed by atoms with Crippen LogP contribution < -0.4 is 0 Å². The van der Waals surface area contributed by atoms with Crippen molar-refractivity contribution in [2.45, 2.75) is 38.0 Å². The summed E-state index contributed by atoms with van der Waals surface area (Å²) in [6, 6.07) is 9.48. The maximum Gasteiger partial charge on any atom is 0.337 e. The number of amides is 1. The Morgan fingerprint density at radius 1 is 1.14 bits per heavy atom. The summed E-state index contributed by atoms with van der Waals surface area (Å²) in [5.74, 6) is -1.76. The number of benzene rings is 2. The van der Waals surface area contributed by atoms with Gasteiger partial charge in [0.05, 0.1) is 34.6 Å². The number of methoxy groups -OCH3 is 1. The van der Waals surface area contributed by atoms with Crippen LogP contribution in [0.4, 0.5) is 4.39 Å². The van der Waals surface area contributed by atoms with E-state index in [1.54, 1.807) is 25.1 Å². The molecule has 37 heavy (non-hydrogen) atoms. The maximum atomic E-state index is 15.3. The Balaban J connectivity index is 1.65. The van der Waals surface area contributed by atoms with Gasteiger partial charge < -0.3 is 9.64 Å². The number of ether oxygens (including phenoxy) is 1. The van der Waals surface area contributed by atoms with Crippen LogP contribution in [0.5, 0.6) is 0 Å². The quantitative estimate of drug-likeness (QED) is 0.445. The monoisotopic (exact) mass is 523 g/mol. The third kappa shape index (κ3) is 4.55. The topological polar surface area (TPSA) is 81.5 Å². The molecule has 0 bridgehead atoms. The van der Waals surface area contributed by atoms with E-state index in [0.29, 0.717) is 41.2 Å². The largest absolute Gasteiger partial charge is 0.465 e. The van der Waals surface area contributed by atoms with E-state index in [2.05, 4.69) is 5.10 Å². The zero-order valence-electron chi connectivity index (χ0n) is 20.9. The number of carbonyl (C=O) groups excluding carboxylic acids is 3. The molecule has 5 rings (SSSR count). The van der Waals surface area contributed by atoms with E-state index in [1.165, 1.54) is 23.9 Å². The van der Waals surface area contributed by atoms with Crippen LogP contribution in [0.1, 0.15) is 62.7 Å². The van der Waals surface area contributed by atoms with Crippen molar-refractivity contribution in [3.8, 4) is 11.3 Å². The molecule has 0 radical (unpaired) electrons. The van der Waals surface area contributed by atoms with Crippen LogP contribution in [-0.2, 0) is 22.4 Å². The molecule has 0 spiro atoms. The summed E-state index contributed by atoms with van der Waals surface area (Å²) in [7, 11) is 4.64. The number of nitrogens with zero attached hydrogens (tertiary/aromatic N) is 3.